The van der Waals surface area contributed by atoms with Crippen molar-refractivity contribution in [3.63, 3.8) is 0 Å². The van der Waals surface area contributed by atoms with Crippen LogP contribution in [0.2, 0.25) is 0 Å². The molecule has 1 unspecified atom stereocenters. The van der Waals surface area contributed by atoms with Crippen LogP contribution in [0.5, 0.6) is 0 Å². The van der Waals surface area contributed by atoms with Crippen LogP contribution >= 0.6 is 0 Å². The highest BCUT2D eigenvalue weighted by Crippen LogP contribution is 2.26. The van der Waals surface area contributed by atoms with Gasteiger partial charge in [-0.3, -0.25) is 0 Å². The number of esters is 1. The molecule has 0 spiro atoms. The summed E-state index contributed by atoms with van der Waals surface area (Å²) in [7, 11) is 0. The van der Waals surface area contributed by atoms with E-state index in [1.54, 1.807) is 0 Å². The highest BCUT2D eigenvalue weighted by Gasteiger charge is 2.18. The largest absolute Gasteiger partial charge is 0.459 e. The smallest absolute Gasteiger partial charge is 0.328 e. The predicted molar refractivity (Wildman–Crippen MR) is 134 cm³/mol. The Kier molecular flexibility index (Phi) is 7.55. The summed E-state index contributed by atoms with van der Waals surface area (Å²) in [6.45, 7) is 2.13. The summed E-state index contributed by atoms with van der Waals surface area (Å²) in [6.07, 6.45) is 1.63. The Hall–Kier alpha value is -3.85. The molecule has 0 radical (unpaired) electrons. The fourth-order valence-electron chi connectivity index (χ4n) is 3.91. The summed E-state index contributed by atoms with van der Waals surface area (Å²) in [5, 5.41) is 3.42. The number of rotatable bonds is 9. The van der Waals surface area contributed by atoms with E-state index in [0.29, 0.717) is 0 Å². The zero-order chi connectivity index (χ0) is 22.9. The molecule has 0 saturated carbocycles. The van der Waals surface area contributed by atoms with Crippen molar-refractivity contribution in [3.8, 4) is 0 Å². The van der Waals surface area contributed by atoms with Crippen molar-refractivity contribution in [2.24, 2.45) is 0 Å². The number of hydrogen-bond donors (Lipinski definition) is 1. The van der Waals surface area contributed by atoms with Crippen LogP contribution in [-0.4, -0.2) is 12.0 Å². The first-order chi connectivity index (χ1) is 16.2. The SMILES string of the molecule is CC(Nc1cccc(Cc2ccccc2)c1Cc1ccccc1)C(=O)OCc1ccccc1. The van der Waals surface area contributed by atoms with Crippen molar-refractivity contribution in [2.45, 2.75) is 32.4 Å². The molecule has 0 amide bonds. The molecule has 4 aromatic carbocycles. The summed E-state index contributed by atoms with van der Waals surface area (Å²) in [4.78, 5) is 12.7. The van der Waals surface area contributed by atoms with Crippen molar-refractivity contribution in [1.82, 2.24) is 0 Å². The van der Waals surface area contributed by atoms with E-state index < -0.39 is 6.04 Å². The molecule has 166 valence electrons. The Morgan fingerprint density at radius 1 is 0.697 bits per heavy atom. The van der Waals surface area contributed by atoms with Gasteiger partial charge in [-0.1, -0.05) is 103 Å². The van der Waals surface area contributed by atoms with Gasteiger partial charge in [-0.15, -0.1) is 0 Å². The molecule has 0 heterocycles. The van der Waals surface area contributed by atoms with Gasteiger partial charge < -0.3 is 10.1 Å². The van der Waals surface area contributed by atoms with Gasteiger partial charge in [-0.25, -0.2) is 4.79 Å². The molecule has 0 aliphatic rings. The highest BCUT2D eigenvalue weighted by atomic mass is 16.5. The Morgan fingerprint density at radius 3 is 1.85 bits per heavy atom. The third kappa shape index (κ3) is 6.33. The number of ether oxygens (including phenoxy) is 1. The van der Waals surface area contributed by atoms with Gasteiger partial charge in [0, 0.05) is 5.69 Å². The van der Waals surface area contributed by atoms with Gasteiger partial charge in [0.05, 0.1) is 0 Å². The maximum absolute atomic E-state index is 12.7. The molecule has 1 N–H and O–H groups in total. The summed E-state index contributed by atoms with van der Waals surface area (Å²) in [5.74, 6) is -0.266. The Morgan fingerprint density at radius 2 is 1.24 bits per heavy atom. The van der Waals surface area contributed by atoms with Gasteiger partial charge in [0.2, 0.25) is 0 Å². The van der Waals surface area contributed by atoms with Crippen LogP contribution < -0.4 is 5.32 Å². The van der Waals surface area contributed by atoms with E-state index in [2.05, 4.69) is 66.0 Å². The summed E-state index contributed by atoms with van der Waals surface area (Å²) < 4.78 is 5.54. The van der Waals surface area contributed by atoms with Gasteiger partial charge in [-0.05, 0) is 53.6 Å². The first-order valence-corrected chi connectivity index (χ1v) is 11.3. The van der Waals surface area contributed by atoms with E-state index in [4.69, 9.17) is 4.74 Å². The predicted octanol–water partition coefficient (Wildman–Crippen LogP) is 6.41. The van der Waals surface area contributed by atoms with Gasteiger partial charge in [0.15, 0.2) is 0 Å². The van der Waals surface area contributed by atoms with Crippen LogP contribution in [0.3, 0.4) is 0 Å². The first-order valence-electron chi connectivity index (χ1n) is 11.3. The fraction of sp³-hybridized carbons (Fsp3) is 0.167. The zero-order valence-electron chi connectivity index (χ0n) is 18.9. The Labute approximate surface area is 196 Å². The molecule has 4 rings (SSSR count). The second-order valence-electron chi connectivity index (χ2n) is 8.23. The minimum atomic E-state index is -0.463. The normalized spacial score (nSPS) is 11.5. The average Bonchev–Trinajstić information content (AvgIpc) is 2.86. The Bertz CT molecular complexity index is 1160. The quantitative estimate of drug-likeness (QED) is 0.309. The summed E-state index contributed by atoms with van der Waals surface area (Å²) >= 11 is 0. The number of hydrogen-bond acceptors (Lipinski definition) is 3. The van der Waals surface area contributed by atoms with Crippen molar-refractivity contribution in [1.29, 1.82) is 0 Å². The lowest BCUT2D eigenvalue weighted by molar-refractivity contribution is -0.145. The summed E-state index contributed by atoms with van der Waals surface area (Å²) in [6, 6.07) is 36.5. The lowest BCUT2D eigenvalue weighted by Crippen LogP contribution is -2.28. The van der Waals surface area contributed by atoms with Crippen LogP contribution in [0, 0.1) is 0 Å². The molecular weight excluding hydrogens is 406 g/mol. The molecule has 1 atom stereocenters. The molecule has 0 bridgehead atoms. The molecule has 0 aliphatic carbocycles. The number of carbonyl (C=O) groups excluding carboxylic acids is 1. The van der Waals surface area contributed by atoms with Crippen molar-refractivity contribution >= 4 is 11.7 Å². The van der Waals surface area contributed by atoms with Crippen LogP contribution in [-0.2, 0) is 29.0 Å². The lowest BCUT2D eigenvalue weighted by atomic mass is 9.93. The van der Waals surface area contributed by atoms with Gasteiger partial charge >= 0.3 is 5.97 Å². The number of benzene rings is 4. The molecule has 0 fully saturated rings. The molecule has 0 saturated heterocycles. The first kappa shape index (κ1) is 22.3. The third-order valence-corrected chi connectivity index (χ3v) is 5.68. The second kappa shape index (κ2) is 11.1. The second-order valence-corrected chi connectivity index (χ2v) is 8.23. The molecule has 3 heteroatoms. The maximum atomic E-state index is 12.7. The number of anilines is 1. The van der Waals surface area contributed by atoms with Crippen LogP contribution in [0.4, 0.5) is 5.69 Å². The average molecular weight is 436 g/mol. The van der Waals surface area contributed by atoms with Gasteiger partial charge in [0.25, 0.3) is 0 Å². The van der Waals surface area contributed by atoms with E-state index in [1.165, 1.54) is 22.3 Å². The van der Waals surface area contributed by atoms with E-state index in [0.717, 1.165) is 24.1 Å². The molecule has 0 aliphatic heterocycles. The van der Waals surface area contributed by atoms with Crippen molar-refractivity contribution in [3.05, 3.63) is 137 Å². The van der Waals surface area contributed by atoms with Crippen molar-refractivity contribution < 1.29 is 9.53 Å². The van der Waals surface area contributed by atoms with E-state index in [1.807, 2.05) is 55.5 Å². The van der Waals surface area contributed by atoms with E-state index in [-0.39, 0.29) is 12.6 Å². The fourth-order valence-corrected chi connectivity index (χ4v) is 3.91. The number of nitrogens with one attached hydrogen (secondary N) is 1. The molecule has 3 nitrogen and oxygen atoms in total. The number of carbonyl (C=O) groups is 1. The standard InChI is InChI=1S/C30H29NO2/c1-23(30(32)33-22-26-16-9-4-10-17-26)31-29-19-11-18-27(20-24-12-5-2-6-13-24)28(29)21-25-14-7-3-8-15-25/h2-19,23,31H,20-22H2,1H3. The maximum Gasteiger partial charge on any atom is 0.328 e. The topological polar surface area (TPSA) is 38.3 Å². The van der Waals surface area contributed by atoms with Crippen LogP contribution in [0.25, 0.3) is 0 Å². The molecule has 4 aromatic rings. The summed E-state index contributed by atoms with van der Waals surface area (Å²) in [5.41, 5.74) is 6.90. The molecule has 0 aromatic heterocycles. The monoisotopic (exact) mass is 435 g/mol. The van der Waals surface area contributed by atoms with Crippen LogP contribution in [0.15, 0.2) is 109 Å². The van der Waals surface area contributed by atoms with E-state index in [9.17, 15) is 4.79 Å². The highest BCUT2D eigenvalue weighted by molar-refractivity contribution is 5.79. The third-order valence-electron chi connectivity index (χ3n) is 5.68. The lowest BCUT2D eigenvalue weighted by Gasteiger charge is -2.20. The minimum Gasteiger partial charge on any atom is -0.459 e. The van der Waals surface area contributed by atoms with Crippen molar-refractivity contribution in [2.75, 3.05) is 5.32 Å². The van der Waals surface area contributed by atoms with Crippen LogP contribution in [0.1, 0.15) is 34.7 Å². The Balaban J connectivity index is 1.54. The van der Waals surface area contributed by atoms with E-state index >= 15 is 0 Å². The molecular formula is C30H29NO2. The minimum absolute atomic E-state index is 0.266. The van der Waals surface area contributed by atoms with Gasteiger partial charge in [-0.2, -0.15) is 0 Å². The molecule has 33 heavy (non-hydrogen) atoms. The zero-order valence-corrected chi connectivity index (χ0v) is 18.9. The van der Waals surface area contributed by atoms with Gasteiger partial charge in [0.1, 0.15) is 12.6 Å².